The summed E-state index contributed by atoms with van der Waals surface area (Å²) < 4.78 is 41.1. The van der Waals surface area contributed by atoms with Gasteiger partial charge in [0.2, 0.25) is 5.13 Å². The molecule has 0 aliphatic rings. The van der Waals surface area contributed by atoms with Crippen LogP contribution in [-0.2, 0) is 6.18 Å². The van der Waals surface area contributed by atoms with Crippen molar-refractivity contribution in [3.8, 4) is 5.13 Å². The number of pyridine rings is 1. The van der Waals surface area contributed by atoms with E-state index in [0.717, 1.165) is 4.70 Å². The summed E-state index contributed by atoms with van der Waals surface area (Å²) in [6.07, 6.45) is -4.65. The van der Waals surface area contributed by atoms with Crippen molar-refractivity contribution < 1.29 is 13.2 Å². The number of aryl methyl sites for hydroxylation is 1. The monoisotopic (exact) mass is 350 g/mol. The Hall–Kier alpha value is -2.68. The fourth-order valence-corrected chi connectivity index (χ4v) is 3.47. The Balaban J connectivity index is 2.05. The standard InChI is InChI=1S/C15H9F3N4OS/c1-7-12-9(23)6-11(15(16,17)18)20-13(12)22(21-7)14-19-8-4-2-3-5-10(8)24-14/h2-6H,1H3,(H,20,23). The van der Waals surface area contributed by atoms with E-state index in [1.807, 2.05) is 18.2 Å². The first kappa shape index (κ1) is 14.9. The Morgan fingerprint density at radius 3 is 2.71 bits per heavy atom. The minimum Gasteiger partial charge on any atom is -0.335 e. The summed E-state index contributed by atoms with van der Waals surface area (Å²) in [5, 5.41) is 4.73. The van der Waals surface area contributed by atoms with Gasteiger partial charge in [-0.3, -0.25) is 4.79 Å². The second-order valence-electron chi connectivity index (χ2n) is 5.23. The van der Waals surface area contributed by atoms with Gasteiger partial charge in [0.25, 0.3) is 0 Å². The molecule has 3 heterocycles. The molecule has 1 N–H and O–H groups in total. The molecule has 9 heteroatoms. The lowest BCUT2D eigenvalue weighted by atomic mass is 10.2. The SMILES string of the molecule is Cc1nn(-c2nc3ccccc3s2)c2[nH]c(C(F)(F)F)cc(=O)c12. The second-order valence-corrected chi connectivity index (χ2v) is 6.24. The van der Waals surface area contributed by atoms with E-state index >= 15 is 0 Å². The molecule has 0 saturated carbocycles. The van der Waals surface area contributed by atoms with Crippen LogP contribution in [0.5, 0.6) is 0 Å². The van der Waals surface area contributed by atoms with Crippen molar-refractivity contribution >= 4 is 32.6 Å². The summed E-state index contributed by atoms with van der Waals surface area (Å²) in [4.78, 5) is 18.8. The molecular formula is C15H9F3N4OS. The van der Waals surface area contributed by atoms with Crippen molar-refractivity contribution in [2.45, 2.75) is 13.1 Å². The number of fused-ring (bicyclic) bond motifs is 2. The molecule has 0 radical (unpaired) electrons. The van der Waals surface area contributed by atoms with E-state index in [4.69, 9.17) is 0 Å². The van der Waals surface area contributed by atoms with Crippen LogP contribution in [0, 0.1) is 6.92 Å². The Bertz CT molecular complexity index is 1110. The number of hydrogen-bond donors (Lipinski definition) is 1. The van der Waals surface area contributed by atoms with Crippen molar-refractivity contribution in [2.75, 3.05) is 0 Å². The maximum atomic E-state index is 13.0. The van der Waals surface area contributed by atoms with E-state index < -0.39 is 17.3 Å². The molecule has 4 rings (SSSR count). The van der Waals surface area contributed by atoms with Crippen molar-refractivity contribution in [3.05, 3.63) is 51.9 Å². The normalized spacial score (nSPS) is 12.3. The van der Waals surface area contributed by atoms with Crippen LogP contribution in [0.1, 0.15) is 11.4 Å². The number of hydrogen-bond acceptors (Lipinski definition) is 4. The minimum absolute atomic E-state index is 0.00798. The van der Waals surface area contributed by atoms with Crippen LogP contribution in [0.15, 0.2) is 35.1 Å². The number of rotatable bonds is 1. The highest BCUT2D eigenvalue weighted by Crippen LogP contribution is 2.30. The number of para-hydroxylation sites is 1. The van der Waals surface area contributed by atoms with E-state index in [1.54, 1.807) is 13.0 Å². The topological polar surface area (TPSA) is 63.6 Å². The van der Waals surface area contributed by atoms with E-state index in [2.05, 4.69) is 15.1 Å². The molecule has 0 aliphatic heterocycles. The average molecular weight is 350 g/mol. The van der Waals surface area contributed by atoms with Crippen LogP contribution < -0.4 is 5.43 Å². The molecular weight excluding hydrogens is 341 g/mol. The van der Waals surface area contributed by atoms with Crippen LogP contribution in [0.25, 0.3) is 26.4 Å². The highest BCUT2D eigenvalue weighted by atomic mass is 32.1. The van der Waals surface area contributed by atoms with E-state index in [-0.39, 0.29) is 11.0 Å². The zero-order valence-electron chi connectivity index (χ0n) is 12.2. The molecule has 0 fully saturated rings. The number of alkyl halides is 3. The Morgan fingerprint density at radius 2 is 2.00 bits per heavy atom. The van der Waals surface area contributed by atoms with Crippen LogP contribution in [0.4, 0.5) is 13.2 Å². The van der Waals surface area contributed by atoms with Gasteiger partial charge in [-0.15, -0.1) is 0 Å². The first-order chi connectivity index (χ1) is 11.3. The van der Waals surface area contributed by atoms with Gasteiger partial charge in [0.1, 0.15) is 11.3 Å². The van der Waals surface area contributed by atoms with E-state index in [1.165, 1.54) is 16.0 Å². The van der Waals surface area contributed by atoms with Gasteiger partial charge in [-0.25, -0.2) is 4.98 Å². The van der Waals surface area contributed by atoms with E-state index in [9.17, 15) is 18.0 Å². The summed E-state index contributed by atoms with van der Waals surface area (Å²) in [5.41, 5.74) is -0.776. The third-order valence-corrected chi connectivity index (χ3v) is 4.62. The van der Waals surface area contributed by atoms with E-state index in [0.29, 0.717) is 22.4 Å². The fourth-order valence-electron chi connectivity index (χ4n) is 2.55. The number of H-pyrrole nitrogens is 1. The first-order valence-electron chi connectivity index (χ1n) is 6.90. The molecule has 0 atom stereocenters. The highest BCUT2D eigenvalue weighted by molar-refractivity contribution is 7.20. The zero-order valence-corrected chi connectivity index (χ0v) is 13.0. The fraction of sp³-hybridized carbons (Fsp3) is 0.133. The van der Waals surface area contributed by atoms with Crippen molar-refractivity contribution in [1.29, 1.82) is 0 Å². The number of aromatic nitrogens is 4. The lowest BCUT2D eigenvalue weighted by Crippen LogP contribution is -2.14. The summed E-state index contributed by atoms with van der Waals surface area (Å²) in [6.45, 7) is 1.58. The molecule has 0 spiro atoms. The van der Waals surface area contributed by atoms with Gasteiger partial charge in [0.05, 0.1) is 21.3 Å². The number of nitrogens with one attached hydrogen (secondary N) is 1. The smallest absolute Gasteiger partial charge is 0.335 e. The van der Waals surface area contributed by atoms with Crippen molar-refractivity contribution in [3.63, 3.8) is 0 Å². The molecule has 24 heavy (non-hydrogen) atoms. The number of aromatic amines is 1. The number of thiazole rings is 1. The van der Waals surface area contributed by atoms with Gasteiger partial charge in [0, 0.05) is 6.07 Å². The quantitative estimate of drug-likeness (QED) is 0.570. The molecule has 0 amide bonds. The zero-order chi connectivity index (χ0) is 17.1. The molecule has 0 aliphatic carbocycles. The van der Waals surface area contributed by atoms with Gasteiger partial charge in [-0.05, 0) is 19.1 Å². The number of halogens is 3. The molecule has 122 valence electrons. The van der Waals surface area contributed by atoms with Crippen LogP contribution in [0.2, 0.25) is 0 Å². The van der Waals surface area contributed by atoms with Gasteiger partial charge in [-0.1, -0.05) is 23.5 Å². The Labute approximate surface area is 136 Å². The summed E-state index contributed by atoms with van der Waals surface area (Å²) in [6, 6.07) is 7.89. The molecule has 5 nitrogen and oxygen atoms in total. The molecule has 1 aromatic carbocycles. The Kier molecular flexibility index (Phi) is 3.04. The lowest BCUT2D eigenvalue weighted by molar-refractivity contribution is -0.141. The summed E-state index contributed by atoms with van der Waals surface area (Å²) in [5.74, 6) is 0. The number of benzene rings is 1. The largest absolute Gasteiger partial charge is 0.431 e. The Morgan fingerprint density at radius 1 is 1.25 bits per heavy atom. The summed E-state index contributed by atoms with van der Waals surface area (Å²) in [7, 11) is 0. The first-order valence-corrected chi connectivity index (χ1v) is 7.72. The van der Waals surface area contributed by atoms with Crippen LogP contribution >= 0.6 is 11.3 Å². The highest BCUT2D eigenvalue weighted by Gasteiger charge is 2.33. The van der Waals surface area contributed by atoms with Gasteiger partial charge in [-0.2, -0.15) is 23.0 Å². The van der Waals surface area contributed by atoms with Gasteiger partial charge in [0.15, 0.2) is 5.43 Å². The molecule has 0 bridgehead atoms. The van der Waals surface area contributed by atoms with Crippen LogP contribution in [-0.4, -0.2) is 19.7 Å². The third kappa shape index (κ3) is 2.20. The summed E-state index contributed by atoms with van der Waals surface area (Å²) >= 11 is 1.28. The van der Waals surface area contributed by atoms with Crippen LogP contribution in [0.3, 0.4) is 0 Å². The molecule has 0 saturated heterocycles. The predicted molar refractivity (Wildman–Crippen MR) is 84.6 cm³/mol. The molecule has 4 aromatic rings. The number of nitrogens with zero attached hydrogens (tertiary/aromatic N) is 3. The average Bonchev–Trinajstić information content (AvgIpc) is 3.07. The molecule has 3 aromatic heterocycles. The third-order valence-electron chi connectivity index (χ3n) is 3.60. The molecule has 0 unspecified atom stereocenters. The second kappa shape index (κ2) is 4.91. The van der Waals surface area contributed by atoms with Gasteiger partial charge >= 0.3 is 6.18 Å². The maximum Gasteiger partial charge on any atom is 0.431 e. The van der Waals surface area contributed by atoms with Crippen molar-refractivity contribution in [1.82, 2.24) is 19.7 Å². The lowest BCUT2D eigenvalue weighted by Gasteiger charge is -2.07. The maximum absolute atomic E-state index is 13.0. The van der Waals surface area contributed by atoms with Gasteiger partial charge < -0.3 is 4.98 Å². The van der Waals surface area contributed by atoms with Crippen molar-refractivity contribution in [2.24, 2.45) is 0 Å². The predicted octanol–water partition coefficient (Wildman–Crippen LogP) is 3.65. The minimum atomic E-state index is -4.65.